The molecule has 186 valence electrons. The molecule has 0 bridgehead atoms. The summed E-state index contributed by atoms with van der Waals surface area (Å²) in [6, 6.07) is 5.78. The maximum atomic E-state index is 12.9. The SMILES string of the molecule is COCC(C)O[C@H]1CC[C@H](c2nnc3n2-c2ccc(Cl)cc2CN(C(=O)OC(C)(C)C)C3)CC1. The second kappa shape index (κ2) is 10.2. The highest BCUT2D eigenvalue weighted by atomic mass is 35.5. The van der Waals surface area contributed by atoms with Gasteiger partial charge in [-0.1, -0.05) is 11.6 Å². The van der Waals surface area contributed by atoms with Gasteiger partial charge in [0.1, 0.15) is 11.4 Å². The number of benzene rings is 1. The number of carbonyl (C=O) groups excluding carboxylic acids is 1. The van der Waals surface area contributed by atoms with Gasteiger partial charge < -0.3 is 14.2 Å². The highest BCUT2D eigenvalue weighted by Crippen LogP contribution is 2.37. The summed E-state index contributed by atoms with van der Waals surface area (Å²) >= 11 is 6.34. The van der Waals surface area contributed by atoms with Crippen molar-refractivity contribution < 1.29 is 19.0 Å². The predicted octanol–water partition coefficient (Wildman–Crippen LogP) is 5.25. The van der Waals surface area contributed by atoms with Crippen LogP contribution >= 0.6 is 11.6 Å². The fraction of sp³-hybridized carbons (Fsp3) is 0.640. The summed E-state index contributed by atoms with van der Waals surface area (Å²) in [5.74, 6) is 1.94. The molecule has 1 saturated carbocycles. The van der Waals surface area contributed by atoms with Gasteiger partial charge in [0.15, 0.2) is 5.82 Å². The lowest BCUT2D eigenvalue weighted by Crippen LogP contribution is -2.35. The lowest BCUT2D eigenvalue weighted by Gasteiger charge is -2.30. The topological polar surface area (TPSA) is 78.7 Å². The van der Waals surface area contributed by atoms with Gasteiger partial charge in [-0.15, -0.1) is 10.2 Å². The number of ether oxygens (including phenoxy) is 3. The van der Waals surface area contributed by atoms with Gasteiger partial charge in [-0.05, 0) is 77.1 Å². The fourth-order valence-corrected chi connectivity index (χ4v) is 5.00. The second-order valence-electron chi connectivity index (χ2n) is 10.3. The molecule has 4 rings (SSSR count). The molecular weight excluding hydrogens is 456 g/mol. The first-order valence-corrected chi connectivity index (χ1v) is 12.4. The number of hydrogen-bond acceptors (Lipinski definition) is 6. The van der Waals surface area contributed by atoms with Crippen LogP contribution in [-0.2, 0) is 27.3 Å². The largest absolute Gasteiger partial charge is 0.444 e. The van der Waals surface area contributed by atoms with Gasteiger partial charge in [0.25, 0.3) is 0 Å². The van der Waals surface area contributed by atoms with E-state index in [1.54, 1.807) is 12.0 Å². The van der Waals surface area contributed by atoms with Crippen molar-refractivity contribution in [2.45, 2.75) is 90.2 Å². The molecule has 0 spiro atoms. The molecule has 1 aromatic carbocycles. The number of amides is 1. The molecular formula is C25H35ClN4O4. The Morgan fingerprint density at radius 3 is 2.59 bits per heavy atom. The standard InChI is InChI=1S/C25H35ClN4O4/c1-16(15-32-5)33-20-9-6-17(7-10-20)23-28-27-22-14-29(24(31)34-25(2,3)4)13-18-12-19(26)8-11-21(18)30(22)23/h8,11-12,16-17,20H,6-7,9-10,13-15H2,1-5H3/t16?,17-,20-. The zero-order valence-electron chi connectivity index (χ0n) is 20.7. The molecule has 1 amide bonds. The molecule has 2 aliphatic rings. The minimum Gasteiger partial charge on any atom is -0.444 e. The molecule has 1 aromatic heterocycles. The van der Waals surface area contributed by atoms with Crippen LogP contribution in [-0.4, -0.2) is 57.3 Å². The van der Waals surface area contributed by atoms with Gasteiger partial charge in [0.2, 0.25) is 0 Å². The van der Waals surface area contributed by atoms with E-state index in [9.17, 15) is 4.79 Å². The van der Waals surface area contributed by atoms with Crippen molar-refractivity contribution in [1.82, 2.24) is 19.7 Å². The van der Waals surface area contributed by atoms with Crippen LogP contribution < -0.4 is 0 Å². The van der Waals surface area contributed by atoms with E-state index >= 15 is 0 Å². The smallest absolute Gasteiger partial charge is 0.411 e. The zero-order valence-corrected chi connectivity index (χ0v) is 21.5. The lowest BCUT2D eigenvalue weighted by molar-refractivity contribution is -0.0538. The minimum atomic E-state index is -0.582. The minimum absolute atomic E-state index is 0.0892. The van der Waals surface area contributed by atoms with E-state index in [0.29, 0.717) is 24.7 Å². The number of carbonyl (C=O) groups is 1. The van der Waals surface area contributed by atoms with Crippen molar-refractivity contribution in [1.29, 1.82) is 0 Å². The predicted molar refractivity (Wildman–Crippen MR) is 129 cm³/mol. The summed E-state index contributed by atoms with van der Waals surface area (Å²) in [7, 11) is 1.70. The first-order valence-electron chi connectivity index (χ1n) is 12.0. The number of aromatic nitrogens is 3. The number of methoxy groups -OCH3 is 1. The molecule has 0 radical (unpaired) electrons. The summed E-state index contributed by atoms with van der Waals surface area (Å²) in [6.07, 6.45) is 3.84. The molecule has 1 aliphatic carbocycles. The molecule has 2 aromatic rings. The Kier molecular flexibility index (Phi) is 7.50. The molecule has 1 unspecified atom stereocenters. The van der Waals surface area contributed by atoms with E-state index in [4.69, 9.17) is 25.8 Å². The molecule has 1 atom stereocenters. The molecule has 0 saturated heterocycles. The van der Waals surface area contributed by atoms with Crippen molar-refractivity contribution in [2.24, 2.45) is 0 Å². The van der Waals surface area contributed by atoms with E-state index in [1.807, 2.05) is 45.9 Å². The monoisotopic (exact) mass is 490 g/mol. The Labute approximate surface area is 206 Å². The number of halogens is 1. The first kappa shape index (κ1) is 24.9. The molecule has 1 aliphatic heterocycles. The van der Waals surface area contributed by atoms with Crippen LogP contribution in [0.25, 0.3) is 5.69 Å². The molecule has 9 heteroatoms. The molecule has 8 nitrogen and oxygen atoms in total. The second-order valence-corrected chi connectivity index (χ2v) is 10.7. The highest BCUT2D eigenvalue weighted by Gasteiger charge is 2.33. The van der Waals surface area contributed by atoms with Crippen LogP contribution in [0.3, 0.4) is 0 Å². The summed E-state index contributed by atoms with van der Waals surface area (Å²) in [5, 5.41) is 9.75. The van der Waals surface area contributed by atoms with Crippen LogP contribution in [0.2, 0.25) is 5.02 Å². The first-order chi connectivity index (χ1) is 16.1. The maximum Gasteiger partial charge on any atom is 0.411 e. The summed E-state index contributed by atoms with van der Waals surface area (Å²) in [4.78, 5) is 14.6. The van der Waals surface area contributed by atoms with E-state index in [0.717, 1.165) is 48.6 Å². The summed E-state index contributed by atoms with van der Waals surface area (Å²) < 4.78 is 19.1. The third-order valence-electron chi connectivity index (χ3n) is 6.25. The van der Waals surface area contributed by atoms with Gasteiger partial charge in [-0.25, -0.2) is 4.79 Å². The van der Waals surface area contributed by atoms with E-state index in [-0.39, 0.29) is 24.2 Å². The molecule has 1 fully saturated rings. The Morgan fingerprint density at radius 2 is 1.91 bits per heavy atom. The Morgan fingerprint density at radius 1 is 1.18 bits per heavy atom. The maximum absolute atomic E-state index is 12.9. The normalized spacial score (nSPS) is 21.4. The lowest BCUT2D eigenvalue weighted by atomic mass is 9.86. The molecule has 2 heterocycles. The van der Waals surface area contributed by atoms with Gasteiger partial charge in [0.05, 0.1) is 37.6 Å². The van der Waals surface area contributed by atoms with Crippen molar-refractivity contribution in [3.8, 4) is 5.69 Å². The summed E-state index contributed by atoms with van der Waals surface area (Å²) in [6.45, 7) is 8.96. The highest BCUT2D eigenvalue weighted by molar-refractivity contribution is 6.30. The quantitative estimate of drug-likeness (QED) is 0.569. The van der Waals surface area contributed by atoms with E-state index in [2.05, 4.69) is 14.8 Å². The van der Waals surface area contributed by atoms with Crippen LogP contribution in [0.1, 0.15) is 76.5 Å². The zero-order chi connectivity index (χ0) is 24.5. The Balaban J connectivity index is 1.59. The van der Waals surface area contributed by atoms with Gasteiger partial charge >= 0.3 is 6.09 Å². The number of fused-ring (bicyclic) bond motifs is 3. The molecule has 0 N–H and O–H groups in total. The average molecular weight is 491 g/mol. The number of nitrogens with zero attached hydrogens (tertiary/aromatic N) is 4. The van der Waals surface area contributed by atoms with Gasteiger partial charge in [-0.3, -0.25) is 9.47 Å². The van der Waals surface area contributed by atoms with Gasteiger partial charge in [0, 0.05) is 18.1 Å². The van der Waals surface area contributed by atoms with E-state index < -0.39 is 5.60 Å². The van der Waals surface area contributed by atoms with E-state index in [1.165, 1.54) is 0 Å². The van der Waals surface area contributed by atoms with Crippen LogP contribution in [0, 0.1) is 0 Å². The van der Waals surface area contributed by atoms with Crippen molar-refractivity contribution in [2.75, 3.05) is 13.7 Å². The molecule has 34 heavy (non-hydrogen) atoms. The Bertz CT molecular complexity index is 1010. The number of hydrogen-bond donors (Lipinski definition) is 0. The van der Waals surface area contributed by atoms with Crippen molar-refractivity contribution >= 4 is 17.7 Å². The van der Waals surface area contributed by atoms with Gasteiger partial charge in [-0.2, -0.15) is 0 Å². The summed E-state index contributed by atoms with van der Waals surface area (Å²) in [5.41, 5.74) is 1.34. The van der Waals surface area contributed by atoms with Crippen molar-refractivity contribution in [3.63, 3.8) is 0 Å². The third-order valence-corrected chi connectivity index (χ3v) is 6.48. The Hall–Kier alpha value is -2.16. The average Bonchev–Trinajstić information content (AvgIpc) is 3.09. The fourth-order valence-electron chi connectivity index (χ4n) is 4.81. The van der Waals surface area contributed by atoms with Crippen LogP contribution in [0.4, 0.5) is 4.79 Å². The third kappa shape index (κ3) is 5.73. The van der Waals surface area contributed by atoms with Crippen LogP contribution in [0.15, 0.2) is 18.2 Å². The van der Waals surface area contributed by atoms with Crippen molar-refractivity contribution in [3.05, 3.63) is 40.4 Å². The number of rotatable bonds is 5. The van der Waals surface area contributed by atoms with Crippen LogP contribution in [0.5, 0.6) is 0 Å².